The van der Waals surface area contributed by atoms with Gasteiger partial charge in [-0.05, 0) is 36.1 Å². The molecule has 2 aromatic heterocycles. The minimum absolute atomic E-state index is 0.174. The van der Waals surface area contributed by atoms with Gasteiger partial charge in [-0.25, -0.2) is 19.0 Å². The van der Waals surface area contributed by atoms with E-state index >= 15 is 0 Å². The molecule has 3 heterocycles. The molecule has 0 saturated carbocycles. The van der Waals surface area contributed by atoms with Crippen LogP contribution < -0.4 is 10.6 Å². The molecule has 1 aliphatic rings. The van der Waals surface area contributed by atoms with E-state index in [0.29, 0.717) is 28.7 Å². The number of amides is 1. The Morgan fingerprint density at radius 2 is 2.06 bits per heavy atom. The second kappa shape index (κ2) is 7.35. The van der Waals surface area contributed by atoms with Crippen molar-refractivity contribution in [2.45, 2.75) is 12.5 Å². The summed E-state index contributed by atoms with van der Waals surface area (Å²) in [6.45, 7) is 0.272. The lowest BCUT2D eigenvalue weighted by molar-refractivity contribution is -0.113. The average molecular weight is 428 g/mol. The van der Waals surface area contributed by atoms with Gasteiger partial charge < -0.3 is 10.8 Å². The first-order chi connectivity index (χ1) is 15.5. The third-order valence-corrected chi connectivity index (χ3v) is 5.52. The van der Waals surface area contributed by atoms with Crippen molar-refractivity contribution in [1.29, 1.82) is 0 Å². The van der Waals surface area contributed by atoms with Crippen LogP contribution in [0.5, 0.6) is 5.75 Å². The predicted molar refractivity (Wildman–Crippen MR) is 117 cm³/mol. The van der Waals surface area contributed by atoms with Crippen LogP contribution in [0.25, 0.3) is 22.3 Å². The van der Waals surface area contributed by atoms with Crippen LogP contribution in [0.15, 0.2) is 48.8 Å². The number of phenols is 1. The second-order valence-corrected chi connectivity index (χ2v) is 7.50. The van der Waals surface area contributed by atoms with Gasteiger partial charge in [0.2, 0.25) is 0 Å². The first-order valence-electron chi connectivity index (χ1n) is 9.81. The SMILES string of the molecule is C#CC(=O)N1CC(n2nc(-c3cc(O)cc(F)c3)c3c(N)ncnc32)Cc2ccccc21. The molecule has 0 fully saturated rings. The molecule has 2 aromatic carbocycles. The second-order valence-electron chi connectivity index (χ2n) is 7.50. The largest absolute Gasteiger partial charge is 0.508 e. The highest BCUT2D eigenvalue weighted by molar-refractivity contribution is 6.06. The Bertz CT molecular complexity index is 1400. The lowest BCUT2D eigenvalue weighted by Gasteiger charge is -2.33. The molecule has 9 heteroatoms. The van der Waals surface area contributed by atoms with Crippen molar-refractivity contribution in [1.82, 2.24) is 19.7 Å². The normalized spacial score (nSPS) is 15.4. The summed E-state index contributed by atoms with van der Waals surface area (Å²) in [5, 5.41) is 15.0. The zero-order valence-corrected chi connectivity index (χ0v) is 16.7. The molecular weight excluding hydrogens is 411 g/mol. The van der Waals surface area contributed by atoms with Crippen LogP contribution >= 0.6 is 0 Å². The van der Waals surface area contributed by atoms with Gasteiger partial charge in [0.05, 0.1) is 11.4 Å². The molecule has 1 atom stereocenters. The molecule has 0 aliphatic carbocycles. The van der Waals surface area contributed by atoms with Gasteiger partial charge in [-0.3, -0.25) is 9.69 Å². The molecule has 1 unspecified atom stereocenters. The van der Waals surface area contributed by atoms with E-state index in [0.717, 1.165) is 17.3 Å². The lowest BCUT2D eigenvalue weighted by Crippen LogP contribution is -2.40. The topological polar surface area (TPSA) is 110 Å². The molecule has 5 rings (SSSR count). The van der Waals surface area contributed by atoms with Gasteiger partial charge >= 0.3 is 5.91 Å². The Balaban J connectivity index is 1.70. The van der Waals surface area contributed by atoms with Crippen LogP contribution in [0, 0.1) is 18.2 Å². The Labute approximate surface area is 182 Å². The van der Waals surface area contributed by atoms with Gasteiger partial charge in [-0.1, -0.05) is 18.2 Å². The molecule has 1 amide bonds. The number of rotatable bonds is 2. The minimum Gasteiger partial charge on any atom is -0.508 e. The molecule has 0 radical (unpaired) electrons. The number of aromatic nitrogens is 4. The predicted octanol–water partition coefficient (Wildman–Crippen LogP) is 2.68. The molecule has 0 spiro atoms. The number of nitrogens with two attached hydrogens (primary N) is 1. The number of para-hydroxylation sites is 1. The van der Waals surface area contributed by atoms with Gasteiger partial charge in [0.15, 0.2) is 5.65 Å². The summed E-state index contributed by atoms with van der Waals surface area (Å²) in [5.74, 6) is 1.04. The van der Waals surface area contributed by atoms with Gasteiger partial charge in [0.25, 0.3) is 0 Å². The van der Waals surface area contributed by atoms with E-state index < -0.39 is 11.7 Å². The quantitative estimate of drug-likeness (QED) is 0.475. The summed E-state index contributed by atoms with van der Waals surface area (Å²) in [5.41, 5.74) is 8.93. The number of hydrogen-bond acceptors (Lipinski definition) is 6. The summed E-state index contributed by atoms with van der Waals surface area (Å²) in [6.07, 6.45) is 7.29. The first-order valence-corrected chi connectivity index (χ1v) is 9.81. The van der Waals surface area contributed by atoms with Crippen LogP contribution in [0.2, 0.25) is 0 Å². The lowest BCUT2D eigenvalue weighted by atomic mass is 9.98. The highest BCUT2D eigenvalue weighted by Crippen LogP contribution is 2.37. The molecule has 0 bridgehead atoms. The number of nitrogen functional groups attached to an aromatic ring is 1. The number of carbonyl (C=O) groups is 1. The number of anilines is 2. The molecule has 4 aromatic rings. The summed E-state index contributed by atoms with van der Waals surface area (Å²) in [6, 6.07) is 10.9. The molecule has 1 aliphatic heterocycles. The molecule has 8 nitrogen and oxygen atoms in total. The summed E-state index contributed by atoms with van der Waals surface area (Å²) in [7, 11) is 0. The van der Waals surface area contributed by atoms with Gasteiger partial charge in [0, 0.05) is 23.9 Å². The van der Waals surface area contributed by atoms with E-state index in [2.05, 4.69) is 21.0 Å². The first kappa shape index (κ1) is 19.5. The van der Waals surface area contributed by atoms with E-state index in [1.54, 1.807) is 4.68 Å². The fraction of sp³-hybridized carbons (Fsp3) is 0.130. The number of fused-ring (bicyclic) bond motifs is 2. The Kier molecular flexibility index (Phi) is 4.48. The molecule has 0 saturated heterocycles. The van der Waals surface area contributed by atoms with Gasteiger partial charge in [0.1, 0.15) is 29.4 Å². The number of hydrogen-bond donors (Lipinski definition) is 2. The standard InChI is InChI=1S/C23H17FN6O2/c1-2-19(32)29-11-16(8-13-5-3-4-6-18(13)29)30-23-20(22(25)26-12-27-23)21(28-30)14-7-15(24)10-17(31)9-14/h1,3-7,9-10,12,16,31H,8,11H2,(H2,25,26,27). The monoisotopic (exact) mass is 428 g/mol. The van der Waals surface area contributed by atoms with Crippen molar-refractivity contribution in [2.75, 3.05) is 17.2 Å². The molecule has 158 valence electrons. The Hall–Kier alpha value is -4.45. The minimum atomic E-state index is -0.615. The van der Waals surface area contributed by atoms with Crippen molar-refractivity contribution in [3.63, 3.8) is 0 Å². The van der Waals surface area contributed by atoms with Crippen LogP contribution in [0.3, 0.4) is 0 Å². The fourth-order valence-electron chi connectivity index (χ4n) is 4.17. The van der Waals surface area contributed by atoms with Crippen LogP contribution in [0.1, 0.15) is 11.6 Å². The van der Waals surface area contributed by atoms with E-state index in [1.807, 2.05) is 24.3 Å². The van der Waals surface area contributed by atoms with Crippen LogP contribution in [-0.2, 0) is 11.2 Å². The number of halogens is 1. The van der Waals surface area contributed by atoms with Gasteiger partial charge in [-0.2, -0.15) is 5.10 Å². The van der Waals surface area contributed by atoms with Crippen LogP contribution in [0.4, 0.5) is 15.9 Å². The molecule has 3 N–H and O–H groups in total. The van der Waals surface area contributed by atoms with Gasteiger partial charge in [-0.15, -0.1) is 6.42 Å². The fourth-order valence-corrected chi connectivity index (χ4v) is 4.17. The number of aromatic hydroxyl groups is 1. The van der Waals surface area contributed by atoms with E-state index in [1.165, 1.54) is 23.4 Å². The number of phenolic OH excluding ortho intramolecular Hbond substituents is 1. The molecule has 32 heavy (non-hydrogen) atoms. The number of terminal acetylenes is 1. The zero-order chi connectivity index (χ0) is 22.4. The molecular formula is C23H17FN6O2. The number of benzene rings is 2. The smallest absolute Gasteiger partial charge is 0.302 e. The average Bonchev–Trinajstić information content (AvgIpc) is 3.18. The highest BCUT2D eigenvalue weighted by atomic mass is 19.1. The van der Waals surface area contributed by atoms with E-state index in [-0.39, 0.29) is 24.2 Å². The van der Waals surface area contributed by atoms with E-state index in [4.69, 9.17) is 12.2 Å². The Morgan fingerprint density at radius 3 is 2.84 bits per heavy atom. The summed E-state index contributed by atoms with van der Waals surface area (Å²) in [4.78, 5) is 22.4. The maximum Gasteiger partial charge on any atom is 0.302 e. The van der Waals surface area contributed by atoms with E-state index in [9.17, 15) is 14.3 Å². The summed E-state index contributed by atoms with van der Waals surface area (Å²) >= 11 is 0. The number of carbonyl (C=O) groups excluding carboxylic acids is 1. The maximum atomic E-state index is 14.0. The maximum absolute atomic E-state index is 14.0. The third-order valence-electron chi connectivity index (χ3n) is 5.52. The highest BCUT2D eigenvalue weighted by Gasteiger charge is 2.31. The number of nitrogens with zero attached hydrogens (tertiary/aromatic N) is 5. The van der Waals surface area contributed by atoms with Crippen molar-refractivity contribution in [3.8, 4) is 29.4 Å². The van der Waals surface area contributed by atoms with Crippen molar-refractivity contribution >= 4 is 28.4 Å². The van der Waals surface area contributed by atoms with Crippen molar-refractivity contribution in [2.24, 2.45) is 0 Å². The zero-order valence-electron chi connectivity index (χ0n) is 16.7. The summed E-state index contributed by atoms with van der Waals surface area (Å²) < 4.78 is 15.7. The van der Waals surface area contributed by atoms with Crippen LogP contribution in [-0.4, -0.2) is 37.3 Å². The third kappa shape index (κ3) is 3.09. The van der Waals surface area contributed by atoms with Crippen molar-refractivity contribution in [3.05, 3.63) is 60.2 Å². The Morgan fingerprint density at radius 1 is 1.25 bits per heavy atom. The van der Waals surface area contributed by atoms with Crippen molar-refractivity contribution < 1.29 is 14.3 Å².